The lowest BCUT2D eigenvalue weighted by Crippen LogP contribution is -2.40. The highest BCUT2D eigenvalue weighted by atomic mass is 32.2. The number of amides is 1. The van der Waals surface area contributed by atoms with Crippen LogP contribution in [-0.4, -0.2) is 38.3 Å². The normalized spacial score (nSPS) is 25.1. The van der Waals surface area contributed by atoms with Gasteiger partial charge in [-0.25, -0.2) is 8.42 Å². The number of hydrogen-bond donors (Lipinski definition) is 1. The molecular formula is C22H32N2O3S. The highest BCUT2D eigenvalue weighted by Crippen LogP contribution is 2.48. The molecule has 0 aromatic heterocycles. The summed E-state index contributed by atoms with van der Waals surface area (Å²) >= 11 is 0. The average Bonchev–Trinajstić information content (AvgIpc) is 3.46. The van der Waals surface area contributed by atoms with Crippen LogP contribution in [0.2, 0.25) is 0 Å². The van der Waals surface area contributed by atoms with Crippen molar-refractivity contribution >= 4 is 15.9 Å². The van der Waals surface area contributed by atoms with Crippen molar-refractivity contribution in [1.82, 2.24) is 9.62 Å². The van der Waals surface area contributed by atoms with Gasteiger partial charge < -0.3 is 5.32 Å². The minimum atomic E-state index is -3.52. The van der Waals surface area contributed by atoms with Gasteiger partial charge in [-0.2, -0.15) is 4.31 Å². The summed E-state index contributed by atoms with van der Waals surface area (Å²) in [6.07, 6.45) is 7.66. The van der Waals surface area contributed by atoms with Gasteiger partial charge in [-0.15, -0.1) is 0 Å². The van der Waals surface area contributed by atoms with E-state index in [1.807, 2.05) is 26.0 Å². The third-order valence-electron chi connectivity index (χ3n) is 7.06. The molecule has 1 heterocycles. The van der Waals surface area contributed by atoms with Crippen molar-refractivity contribution in [3.05, 3.63) is 29.3 Å². The highest BCUT2D eigenvalue weighted by Gasteiger charge is 2.50. The Kier molecular flexibility index (Phi) is 5.29. The van der Waals surface area contributed by atoms with Gasteiger partial charge in [0.1, 0.15) is 0 Å². The van der Waals surface area contributed by atoms with E-state index < -0.39 is 10.0 Å². The molecule has 0 bridgehead atoms. The third-order valence-corrected chi connectivity index (χ3v) is 9.02. The van der Waals surface area contributed by atoms with Gasteiger partial charge in [-0.05, 0) is 68.1 Å². The summed E-state index contributed by atoms with van der Waals surface area (Å²) in [6, 6.07) is 5.64. The molecule has 4 rings (SSSR count). The zero-order valence-corrected chi connectivity index (χ0v) is 17.9. The fourth-order valence-corrected chi connectivity index (χ4v) is 7.00. The zero-order valence-electron chi connectivity index (χ0n) is 17.0. The first-order valence-corrected chi connectivity index (χ1v) is 12.1. The number of carbonyl (C=O) groups excluding carboxylic acids is 1. The number of nitrogens with one attached hydrogen (secondary N) is 1. The summed E-state index contributed by atoms with van der Waals surface area (Å²) in [5.41, 5.74) is 1.78. The SMILES string of the molecule is Cc1ccc(C)c(S(=O)(=O)N2CC(CNC(=O)C3CC3)C3(CCCCC3)C2)c1. The van der Waals surface area contributed by atoms with Gasteiger partial charge in [-0.3, -0.25) is 4.79 Å². The first-order valence-electron chi connectivity index (χ1n) is 10.7. The lowest BCUT2D eigenvalue weighted by Gasteiger charge is -2.38. The summed E-state index contributed by atoms with van der Waals surface area (Å²) in [4.78, 5) is 12.6. The predicted molar refractivity (Wildman–Crippen MR) is 109 cm³/mol. The number of aryl methyl sites for hydroxylation is 2. The number of nitrogens with zero attached hydrogens (tertiary/aromatic N) is 1. The van der Waals surface area contributed by atoms with E-state index in [4.69, 9.17) is 0 Å². The largest absolute Gasteiger partial charge is 0.356 e. The number of hydrogen-bond acceptors (Lipinski definition) is 3. The number of benzene rings is 1. The topological polar surface area (TPSA) is 66.5 Å². The van der Waals surface area contributed by atoms with Crippen LogP contribution >= 0.6 is 0 Å². The molecule has 1 aliphatic heterocycles. The van der Waals surface area contributed by atoms with Crippen LogP contribution in [0.15, 0.2) is 23.1 Å². The van der Waals surface area contributed by atoms with Gasteiger partial charge in [0.15, 0.2) is 0 Å². The van der Waals surface area contributed by atoms with E-state index in [-0.39, 0.29) is 23.2 Å². The summed E-state index contributed by atoms with van der Waals surface area (Å²) in [7, 11) is -3.52. The van der Waals surface area contributed by atoms with Crippen LogP contribution in [0.4, 0.5) is 0 Å². The van der Waals surface area contributed by atoms with Gasteiger partial charge in [0.25, 0.3) is 0 Å². The molecular weight excluding hydrogens is 372 g/mol. The summed E-state index contributed by atoms with van der Waals surface area (Å²) < 4.78 is 28.7. The van der Waals surface area contributed by atoms with Crippen molar-refractivity contribution in [2.24, 2.45) is 17.3 Å². The fourth-order valence-electron chi connectivity index (χ4n) is 5.11. The molecule has 1 unspecified atom stereocenters. The maximum absolute atomic E-state index is 13.5. The van der Waals surface area contributed by atoms with Crippen LogP contribution < -0.4 is 5.32 Å². The first kappa shape index (κ1) is 19.9. The smallest absolute Gasteiger partial charge is 0.243 e. The number of carbonyl (C=O) groups is 1. The van der Waals surface area contributed by atoms with Crippen molar-refractivity contribution in [2.45, 2.75) is 63.7 Å². The highest BCUT2D eigenvalue weighted by molar-refractivity contribution is 7.89. The van der Waals surface area contributed by atoms with Crippen LogP contribution in [0.5, 0.6) is 0 Å². The van der Waals surface area contributed by atoms with E-state index in [0.717, 1.165) is 49.7 Å². The molecule has 5 nitrogen and oxygen atoms in total. The molecule has 1 aromatic carbocycles. The Bertz CT molecular complexity index is 855. The van der Waals surface area contributed by atoms with E-state index in [9.17, 15) is 13.2 Å². The molecule has 0 radical (unpaired) electrons. The second-order valence-corrected chi connectivity index (χ2v) is 11.1. The molecule has 1 amide bonds. The summed E-state index contributed by atoms with van der Waals surface area (Å²) in [5.74, 6) is 0.552. The molecule has 2 aliphatic carbocycles. The monoisotopic (exact) mass is 404 g/mol. The summed E-state index contributed by atoms with van der Waals surface area (Å²) in [6.45, 7) is 5.51. The molecule has 1 aromatic rings. The van der Waals surface area contributed by atoms with E-state index in [1.165, 1.54) is 6.42 Å². The Labute approximate surface area is 168 Å². The lowest BCUT2D eigenvalue weighted by molar-refractivity contribution is -0.122. The van der Waals surface area contributed by atoms with Crippen LogP contribution in [-0.2, 0) is 14.8 Å². The van der Waals surface area contributed by atoms with E-state index in [0.29, 0.717) is 24.5 Å². The fraction of sp³-hybridized carbons (Fsp3) is 0.682. The molecule has 1 N–H and O–H groups in total. The Morgan fingerprint density at radius 1 is 1.18 bits per heavy atom. The first-order chi connectivity index (χ1) is 13.3. The zero-order chi connectivity index (χ0) is 19.9. The predicted octanol–water partition coefficient (Wildman–Crippen LogP) is 3.40. The van der Waals surface area contributed by atoms with Crippen LogP contribution in [0.3, 0.4) is 0 Å². The van der Waals surface area contributed by atoms with Gasteiger partial charge in [0.05, 0.1) is 4.90 Å². The van der Waals surface area contributed by atoms with Gasteiger partial charge in [0, 0.05) is 25.6 Å². The van der Waals surface area contributed by atoms with E-state index >= 15 is 0 Å². The maximum atomic E-state index is 13.5. The molecule has 1 saturated heterocycles. The van der Waals surface area contributed by atoms with Gasteiger partial charge in [-0.1, -0.05) is 31.4 Å². The van der Waals surface area contributed by atoms with E-state index in [1.54, 1.807) is 10.4 Å². The van der Waals surface area contributed by atoms with E-state index in [2.05, 4.69) is 5.32 Å². The molecule has 1 spiro atoms. The van der Waals surface area contributed by atoms with Crippen molar-refractivity contribution in [3.63, 3.8) is 0 Å². The molecule has 3 aliphatic rings. The number of rotatable bonds is 5. The van der Waals surface area contributed by atoms with Crippen LogP contribution in [0.1, 0.15) is 56.1 Å². The average molecular weight is 405 g/mol. The number of sulfonamides is 1. The Balaban J connectivity index is 1.58. The standard InChI is InChI=1S/C22H32N2O3S/c1-16-6-7-17(2)20(12-16)28(26,27)24-14-19(13-23-21(25)18-8-9-18)22(15-24)10-4-3-5-11-22/h6-7,12,18-19H,3-5,8-11,13-15H2,1-2H3,(H,23,25). The minimum Gasteiger partial charge on any atom is -0.356 e. The lowest BCUT2D eigenvalue weighted by atomic mass is 9.68. The molecule has 3 fully saturated rings. The molecule has 1 atom stereocenters. The van der Waals surface area contributed by atoms with Gasteiger partial charge >= 0.3 is 0 Å². The summed E-state index contributed by atoms with van der Waals surface area (Å²) in [5, 5.41) is 3.13. The van der Waals surface area contributed by atoms with Crippen molar-refractivity contribution < 1.29 is 13.2 Å². The third kappa shape index (κ3) is 3.73. The Morgan fingerprint density at radius 2 is 1.89 bits per heavy atom. The second-order valence-electron chi connectivity index (χ2n) is 9.21. The maximum Gasteiger partial charge on any atom is 0.243 e. The Hall–Kier alpha value is -1.40. The van der Waals surface area contributed by atoms with Crippen molar-refractivity contribution in [3.8, 4) is 0 Å². The molecule has 2 saturated carbocycles. The quantitative estimate of drug-likeness (QED) is 0.818. The minimum absolute atomic E-state index is 0.0138. The molecule has 28 heavy (non-hydrogen) atoms. The van der Waals surface area contributed by atoms with Crippen molar-refractivity contribution in [2.75, 3.05) is 19.6 Å². The molecule has 6 heteroatoms. The van der Waals surface area contributed by atoms with Gasteiger partial charge in [0.2, 0.25) is 15.9 Å². The van der Waals surface area contributed by atoms with Crippen molar-refractivity contribution in [1.29, 1.82) is 0 Å². The van der Waals surface area contributed by atoms with Crippen LogP contribution in [0.25, 0.3) is 0 Å². The molecule has 154 valence electrons. The Morgan fingerprint density at radius 3 is 2.57 bits per heavy atom. The van der Waals surface area contributed by atoms with Crippen LogP contribution in [0, 0.1) is 31.1 Å². The second kappa shape index (κ2) is 7.45.